The van der Waals surface area contributed by atoms with E-state index < -0.39 is 5.60 Å². The monoisotopic (exact) mass is 342 g/mol. The predicted octanol–water partition coefficient (Wildman–Crippen LogP) is 3.78. The van der Waals surface area contributed by atoms with E-state index in [1.54, 1.807) is 20.0 Å². The van der Waals surface area contributed by atoms with Crippen LogP contribution in [0.4, 0.5) is 0 Å². The lowest BCUT2D eigenvalue weighted by molar-refractivity contribution is 0.0739. The van der Waals surface area contributed by atoms with E-state index in [0.717, 1.165) is 34.6 Å². The van der Waals surface area contributed by atoms with Crippen molar-refractivity contribution in [2.75, 3.05) is 0 Å². The van der Waals surface area contributed by atoms with Gasteiger partial charge in [0.1, 0.15) is 11.1 Å². The average Bonchev–Trinajstić information content (AvgIpc) is 3.26. The van der Waals surface area contributed by atoms with Crippen LogP contribution in [0.15, 0.2) is 30.5 Å². The molecule has 6 heteroatoms. The van der Waals surface area contributed by atoms with E-state index in [1.165, 1.54) is 12.8 Å². The van der Waals surface area contributed by atoms with E-state index >= 15 is 0 Å². The molecule has 1 aliphatic carbocycles. The van der Waals surface area contributed by atoms with Gasteiger partial charge in [0.25, 0.3) is 0 Å². The first-order valence-electron chi connectivity index (χ1n) is 8.14. The maximum atomic E-state index is 10.0. The Balaban J connectivity index is 1.73. The Morgan fingerprint density at radius 3 is 2.67 bits per heavy atom. The van der Waals surface area contributed by atoms with E-state index in [1.807, 2.05) is 28.9 Å². The van der Waals surface area contributed by atoms with Gasteiger partial charge in [0.15, 0.2) is 0 Å². The molecule has 2 heterocycles. The molecule has 0 spiro atoms. The molecule has 0 radical (unpaired) electrons. The third-order valence-corrected chi connectivity index (χ3v) is 4.84. The highest BCUT2D eigenvalue weighted by atomic mass is 35.5. The average molecular weight is 343 g/mol. The quantitative estimate of drug-likeness (QED) is 0.783. The Bertz CT molecular complexity index is 892. The molecular weight excluding hydrogens is 324 g/mol. The normalized spacial score (nSPS) is 15.2. The van der Waals surface area contributed by atoms with Crippen LogP contribution in [-0.4, -0.2) is 25.1 Å². The second-order valence-electron chi connectivity index (χ2n) is 7.00. The zero-order valence-corrected chi connectivity index (χ0v) is 14.5. The zero-order chi connectivity index (χ0) is 16.9. The van der Waals surface area contributed by atoms with E-state index in [-0.39, 0.29) is 0 Å². The molecule has 1 saturated carbocycles. The van der Waals surface area contributed by atoms with Gasteiger partial charge in [-0.05, 0) is 44.7 Å². The number of pyridine rings is 1. The molecule has 1 N–H and O–H groups in total. The van der Waals surface area contributed by atoms with E-state index in [4.69, 9.17) is 11.6 Å². The highest BCUT2D eigenvalue weighted by Gasteiger charge is 2.24. The second-order valence-corrected chi connectivity index (χ2v) is 7.38. The molecule has 0 saturated heterocycles. The molecule has 1 fully saturated rings. The van der Waals surface area contributed by atoms with Gasteiger partial charge in [-0.15, -0.1) is 5.10 Å². The zero-order valence-electron chi connectivity index (χ0n) is 13.7. The highest BCUT2D eigenvalue weighted by Crippen LogP contribution is 2.35. The molecule has 0 bridgehead atoms. The molecule has 124 valence electrons. The van der Waals surface area contributed by atoms with Crippen LogP contribution < -0.4 is 0 Å². The maximum Gasteiger partial charge on any atom is 0.132 e. The van der Waals surface area contributed by atoms with Crippen molar-refractivity contribution in [1.29, 1.82) is 0 Å². The first-order valence-corrected chi connectivity index (χ1v) is 8.52. The number of hydrogen-bond acceptors (Lipinski definition) is 4. The molecule has 5 nitrogen and oxygen atoms in total. The van der Waals surface area contributed by atoms with Crippen molar-refractivity contribution >= 4 is 22.6 Å². The van der Waals surface area contributed by atoms with Gasteiger partial charge in [-0.2, -0.15) is 0 Å². The van der Waals surface area contributed by atoms with Crippen molar-refractivity contribution in [2.24, 2.45) is 5.92 Å². The minimum absolute atomic E-state index is 0.590. The molecule has 4 rings (SSSR count). The largest absolute Gasteiger partial charge is 0.384 e. The van der Waals surface area contributed by atoms with Crippen molar-refractivity contribution in [3.8, 4) is 11.1 Å². The first kappa shape index (κ1) is 15.5. The Morgan fingerprint density at radius 1 is 1.25 bits per heavy atom. The summed E-state index contributed by atoms with van der Waals surface area (Å²) >= 11 is 6.58. The number of nitrogens with zero attached hydrogens (tertiary/aromatic N) is 4. The van der Waals surface area contributed by atoms with Gasteiger partial charge in [0.05, 0.1) is 16.2 Å². The summed E-state index contributed by atoms with van der Waals surface area (Å²) in [7, 11) is 0. The topological polar surface area (TPSA) is 63.8 Å². The third-order valence-electron chi connectivity index (χ3n) is 4.46. The maximum absolute atomic E-state index is 10.0. The van der Waals surface area contributed by atoms with Crippen molar-refractivity contribution < 1.29 is 5.11 Å². The SMILES string of the molecule is CC(C)(O)c1ccc(-c2ccc3c(nnn3CC3CC3)c2Cl)cn1. The smallest absolute Gasteiger partial charge is 0.132 e. The van der Waals surface area contributed by atoms with Gasteiger partial charge in [-0.1, -0.05) is 28.9 Å². The molecule has 0 atom stereocenters. The van der Waals surface area contributed by atoms with Crippen LogP contribution in [0.2, 0.25) is 5.02 Å². The lowest BCUT2D eigenvalue weighted by atomic mass is 10.0. The van der Waals surface area contributed by atoms with Crippen molar-refractivity contribution in [3.63, 3.8) is 0 Å². The van der Waals surface area contributed by atoms with Gasteiger partial charge in [0, 0.05) is 23.9 Å². The molecular formula is C18H19ClN4O. The molecule has 1 aromatic carbocycles. The van der Waals surface area contributed by atoms with Crippen LogP contribution in [-0.2, 0) is 12.1 Å². The summed E-state index contributed by atoms with van der Waals surface area (Å²) in [6.07, 6.45) is 4.27. The van der Waals surface area contributed by atoms with E-state index in [2.05, 4.69) is 15.3 Å². The summed E-state index contributed by atoms with van der Waals surface area (Å²) in [5.41, 5.74) is 3.12. The lowest BCUT2D eigenvalue weighted by Crippen LogP contribution is -2.17. The standard InChI is InChI=1S/C18H19ClN4O/c1-18(2,24)15-8-5-12(9-20-15)13-6-7-14-17(16(13)19)21-22-23(14)10-11-3-4-11/h5-9,11,24H,3-4,10H2,1-2H3. The summed E-state index contributed by atoms with van der Waals surface area (Å²) in [5, 5.41) is 19.1. The summed E-state index contributed by atoms with van der Waals surface area (Å²) in [6.45, 7) is 4.34. The minimum Gasteiger partial charge on any atom is -0.384 e. The predicted molar refractivity (Wildman–Crippen MR) is 93.7 cm³/mol. The fraction of sp³-hybridized carbons (Fsp3) is 0.389. The Labute approximate surface area is 145 Å². The Hall–Kier alpha value is -1.98. The highest BCUT2D eigenvalue weighted by molar-refractivity contribution is 6.37. The Morgan fingerprint density at radius 2 is 2.04 bits per heavy atom. The Kier molecular flexibility index (Phi) is 3.58. The molecule has 2 aromatic heterocycles. The second kappa shape index (κ2) is 5.53. The summed E-state index contributed by atoms with van der Waals surface area (Å²) in [5.74, 6) is 0.729. The number of aliphatic hydroxyl groups is 1. The number of rotatable bonds is 4. The van der Waals surface area contributed by atoms with Crippen LogP contribution in [0.25, 0.3) is 22.2 Å². The van der Waals surface area contributed by atoms with E-state index in [0.29, 0.717) is 10.7 Å². The number of benzene rings is 1. The van der Waals surface area contributed by atoms with Gasteiger partial charge in [0.2, 0.25) is 0 Å². The molecule has 1 aliphatic rings. The van der Waals surface area contributed by atoms with Crippen molar-refractivity contribution in [2.45, 2.75) is 38.8 Å². The number of fused-ring (bicyclic) bond motifs is 1. The number of hydrogen-bond donors (Lipinski definition) is 1. The lowest BCUT2D eigenvalue weighted by Gasteiger charge is -2.16. The minimum atomic E-state index is -0.961. The van der Waals surface area contributed by atoms with Crippen LogP contribution in [0.3, 0.4) is 0 Å². The first-order chi connectivity index (χ1) is 11.4. The summed E-state index contributed by atoms with van der Waals surface area (Å²) in [6, 6.07) is 7.74. The molecule has 0 aliphatic heterocycles. The fourth-order valence-electron chi connectivity index (χ4n) is 2.82. The summed E-state index contributed by atoms with van der Waals surface area (Å²) < 4.78 is 1.94. The molecule has 3 aromatic rings. The van der Waals surface area contributed by atoms with Crippen LogP contribution in [0, 0.1) is 5.92 Å². The fourth-order valence-corrected chi connectivity index (χ4v) is 3.13. The van der Waals surface area contributed by atoms with Crippen LogP contribution >= 0.6 is 11.6 Å². The van der Waals surface area contributed by atoms with Gasteiger partial charge in [-0.3, -0.25) is 4.98 Å². The van der Waals surface area contributed by atoms with Crippen molar-refractivity contribution in [3.05, 3.63) is 41.2 Å². The number of aromatic nitrogens is 4. The van der Waals surface area contributed by atoms with E-state index in [9.17, 15) is 5.11 Å². The van der Waals surface area contributed by atoms with Crippen molar-refractivity contribution in [1.82, 2.24) is 20.0 Å². The summed E-state index contributed by atoms with van der Waals surface area (Å²) in [4.78, 5) is 4.35. The van der Waals surface area contributed by atoms with Gasteiger partial charge < -0.3 is 5.11 Å². The third kappa shape index (κ3) is 2.78. The molecule has 0 amide bonds. The van der Waals surface area contributed by atoms with Gasteiger partial charge >= 0.3 is 0 Å². The molecule has 0 unspecified atom stereocenters. The van der Waals surface area contributed by atoms with Crippen LogP contribution in [0.5, 0.6) is 0 Å². The number of halogens is 1. The van der Waals surface area contributed by atoms with Gasteiger partial charge in [-0.25, -0.2) is 4.68 Å². The van der Waals surface area contributed by atoms with Crippen LogP contribution in [0.1, 0.15) is 32.4 Å². The molecule has 24 heavy (non-hydrogen) atoms.